The van der Waals surface area contributed by atoms with Crippen LogP contribution < -0.4 is 0 Å². The highest BCUT2D eigenvalue weighted by molar-refractivity contribution is 5.94. The molecule has 1 atom stereocenters. The molecule has 6 heteroatoms. The Morgan fingerprint density at radius 3 is 2.91 bits per heavy atom. The number of rotatable bonds is 2. The van der Waals surface area contributed by atoms with Crippen LogP contribution in [0.2, 0.25) is 0 Å². The molecule has 2 aliphatic rings. The summed E-state index contributed by atoms with van der Waals surface area (Å²) in [7, 11) is 0. The largest absolute Gasteiger partial charge is 0.377 e. The van der Waals surface area contributed by atoms with E-state index in [1.807, 2.05) is 11.0 Å². The second-order valence-corrected chi connectivity index (χ2v) is 6.62. The van der Waals surface area contributed by atoms with Crippen molar-refractivity contribution in [3.63, 3.8) is 0 Å². The van der Waals surface area contributed by atoms with Crippen molar-refractivity contribution < 1.29 is 14.3 Å². The van der Waals surface area contributed by atoms with Crippen LogP contribution in [0.15, 0.2) is 24.5 Å². The summed E-state index contributed by atoms with van der Waals surface area (Å²) in [6.45, 7) is 9.01. The number of amides is 1. The van der Waals surface area contributed by atoms with Gasteiger partial charge in [0.2, 0.25) is 0 Å². The lowest BCUT2D eigenvalue weighted by Crippen LogP contribution is -2.60. The van der Waals surface area contributed by atoms with Gasteiger partial charge in [0.15, 0.2) is 0 Å². The molecule has 0 N–H and O–H groups in total. The van der Waals surface area contributed by atoms with Gasteiger partial charge in [-0.15, -0.1) is 0 Å². The van der Waals surface area contributed by atoms with E-state index in [9.17, 15) is 4.79 Å². The number of morpholine rings is 1. The number of carbonyl (C=O) groups is 1. The first-order valence-corrected chi connectivity index (χ1v) is 8.25. The van der Waals surface area contributed by atoms with Crippen LogP contribution in [0.4, 0.5) is 0 Å². The molecule has 0 saturated carbocycles. The minimum Gasteiger partial charge on any atom is -0.377 e. The molecule has 0 aromatic carbocycles. The molecule has 0 radical (unpaired) electrons. The number of ether oxygens (including phenoxy) is 2. The first kappa shape index (κ1) is 16.4. The van der Waals surface area contributed by atoms with E-state index >= 15 is 0 Å². The molecule has 1 aromatic rings. The van der Waals surface area contributed by atoms with Gasteiger partial charge in [0.25, 0.3) is 5.91 Å². The maximum Gasteiger partial charge on any atom is 0.255 e. The molecule has 2 aliphatic heterocycles. The third-order valence-corrected chi connectivity index (χ3v) is 4.55. The predicted octanol–water partition coefficient (Wildman–Crippen LogP) is 1.03. The summed E-state index contributed by atoms with van der Waals surface area (Å²) in [5, 5.41) is 0. The molecule has 23 heavy (non-hydrogen) atoms. The summed E-state index contributed by atoms with van der Waals surface area (Å²) in [4.78, 5) is 21.0. The van der Waals surface area contributed by atoms with E-state index < -0.39 is 5.60 Å². The fraction of sp³-hybridized carbons (Fsp3) is 0.647. The molecule has 126 valence electrons. The van der Waals surface area contributed by atoms with Gasteiger partial charge < -0.3 is 14.4 Å². The third kappa shape index (κ3) is 3.71. The standard InChI is InChI=1S/C17H25N3O3/c1-14(2)19-6-8-22-13-17(11-19)12-20(7-9-23-17)16(21)15-4-3-5-18-10-15/h3-5,10,14H,6-9,11-13H2,1-2H3/t17-/m1/s1. The number of carbonyl (C=O) groups excluding carboxylic acids is 1. The molecule has 2 fully saturated rings. The van der Waals surface area contributed by atoms with Crippen molar-refractivity contribution in [2.45, 2.75) is 25.5 Å². The third-order valence-electron chi connectivity index (χ3n) is 4.55. The van der Waals surface area contributed by atoms with Crippen molar-refractivity contribution in [3.05, 3.63) is 30.1 Å². The topological polar surface area (TPSA) is 54.9 Å². The smallest absolute Gasteiger partial charge is 0.255 e. The van der Waals surface area contributed by atoms with Crippen molar-refractivity contribution in [1.82, 2.24) is 14.8 Å². The van der Waals surface area contributed by atoms with Crippen LogP contribution in [0.5, 0.6) is 0 Å². The van der Waals surface area contributed by atoms with E-state index in [-0.39, 0.29) is 5.91 Å². The lowest BCUT2D eigenvalue weighted by atomic mass is 10.0. The zero-order valence-corrected chi connectivity index (χ0v) is 13.9. The quantitative estimate of drug-likeness (QED) is 0.815. The van der Waals surface area contributed by atoms with E-state index in [4.69, 9.17) is 9.47 Å². The highest BCUT2D eigenvalue weighted by Crippen LogP contribution is 2.24. The normalized spacial score (nSPS) is 26.5. The molecular formula is C17H25N3O3. The Hall–Kier alpha value is -1.50. The van der Waals surface area contributed by atoms with Gasteiger partial charge in [-0.1, -0.05) is 0 Å². The van der Waals surface area contributed by atoms with E-state index in [0.717, 1.165) is 13.1 Å². The molecule has 1 spiro atoms. The lowest BCUT2D eigenvalue weighted by molar-refractivity contribution is -0.134. The van der Waals surface area contributed by atoms with Crippen LogP contribution in [-0.2, 0) is 9.47 Å². The summed E-state index contributed by atoms with van der Waals surface area (Å²) in [5.74, 6) is 0.0149. The van der Waals surface area contributed by atoms with Crippen LogP contribution in [0.25, 0.3) is 0 Å². The second kappa shape index (κ2) is 6.95. The number of nitrogens with zero attached hydrogens (tertiary/aromatic N) is 3. The van der Waals surface area contributed by atoms with Gasteiger partial charge in [0.1, 0.15) is 5.60 Å². The Bertz CT molecular complexity index is 537. The Morgan fingerprint density at radius 2 is 2.17 bits per heavy atom. The van der Waals surface area contributed by atoms with Gasteiger partial charge in [-0.05, 0) is 26.0 Å². The zero-order valence-electron chi connectivity index (χ0n) is 13.9. The van der Waals surface area contributed by atoms with Crippen LogP contribution >= 0.6 is 0 Å². The minimum absolute atomic E-state index is 0.0149. The molecule has 1 amide bonds. The predicted molar refractivity (Wildman–Crippen MR) is 86.4 cm³/mol. The van der Waals surface area contributed by atoms with E-state index in [1.165, 1.54) is 0 Å². The van der Waals surface area contributed by atoms with Crippen molar-refractivity contribution in [1.29, 1.82) is 0 Å². The molecule has 0 aliphatic carbocycles. The van der Waals surface area contributed by atoms with E-state index in [2.05, 4.69) is 23.7 Å². The molecule has 0 bridgehead atoms. The number of aromatic nitrogens is 1. The summed E-state index contributed by atoms with van der Waals surface area (Å²) >= 11 is 0. The molecule has 6 nitrogen and oxygen atoms in total. The average Bonchev–Trinajstić information content (AvgIpc) is 2.78. The van der Waals surface area contributed by atoms with Gasteiger partial charge in [-0.2, -0.15) is 0 Å². The molecule has 1 aromatic heterocycles. The van der Waals surface area contributed by atoms with Crippen LogP contribution in [-0.4, -0.2) is 78.3 Å². The zero-order chi connectivity index (χ0) is 16.3. The van der Waals surface area contributed by atoms with Gasteiger partial charge >= 0.3 is 0 Å². The molecule has 0 unspecified atom stereocenters. The van der Waals surface area contributed by atoms with Crippen LogP contribution in [0.3, 0.4) is 0 Å². The lowest BCUT2D eigenvalue weighted by Gasteiger charge is -2.44. The highest BCUT2D eigenvalue weighted by atomic mass is 16.5. The van der Waals surface area contributed by atoms with Gasteiger partial charge in [-0.3, -0.25) is 14.7 Å². The Labute approximate surface area is 137 Å². The summed E-state index contributed by atoms with van der Waals surface area (Å²) < 4.78 is 11.9. The molecule has 3 rings (SSSR count). The highest BCUT2D eigenvalue weighted by Gasteiger charge is 2.42. The van der Waals surface area contributed by atoms with Crippen LogP contribution in [0.1, 0.15) is 24.2 Å². The maximum atomic E-state index is 12.7. The monoisotopic (exact) mass is 319 g/mol. The van der Waals surface area contributed by atoms with E-state index in [1.54, 1.807) is 18.5 Å². The van der Waals surface area contributed by atoms with Crippen molar-refractivity contribution in [2.75, 3.05) is 46.0 Å². The van der Waals surface area contributed by atoms with Gasteiger partial charge in [0.05, 0.1) is 31.9 Å². The number of hydrogen-bond acceptors (Lipinski definition) is 5. The second-order valence-electron chi connectivity index (χ2n) is 6.62. The molecule has 2 saturated heterocycles. The first-order chi connectivity index (χ1) is 11.1. The molecule has 3 heterocycles. The Kier molecular flexibility index (Phi) is 4.94. The fourth-order valence-electron chi connectivity index (χ4n) is 3.25. The first-order valence-electron chi connectivity index (χ1n) is 8.25. The SMILES string of the molecule is CC(C)N1CCOC[C@]2(CN(C(=O)c3cccnc3)CCO2)C1. The number of hydrogen-bond donors (Lipinski definition) is 0. The van der Waals surface area contributed by atoms with Crippen molar-refractivity contribution in [2.24, 2.45) is 0 Å². The summed E-state index contributed by atoms with van der Waals surface area (Å²) in [6, 6.07) is 4.03. The maximum absolute atomic E-state index is 12.7. The van der Waals surface area contributed by atoms with E-state index in [0.29, 0.717) is 44.5 Å². The summed E-state index contributed by atoms with van der Waals surface area (Å²) in [6.07, 6.45) is 3.30. The summed E-state index contributed by atoms with van der Waals surface area (Å²) in [5.41, 5.74) is 0.191. The van der Waals surface area contributed by atoms with Gasteiger partial charge in [-0.25, -0.2) is 0 Å². The van der Waals surface area contributed by atoms with Crippen LogP contribution in [0, 0.1) is 0 Å². The Balaban J connectivity index is 1.75. The fourth-order valence-corrected chi connectivity index (χ4v) is 3.25. The van der Waals surface area contributed by atoms with Crippen molar-refractivity contribution >= 4 is 5.91 Å². The molecular weight excluding hydrogens is 294 g/mol. The van der Waals surface area contributed by atoms with Gasteiger partial charge in [0, 0.05) is 38.1 Å². The minimum atomic E-state index is -0.434. The van der Waals surface area contributed by atoms with Crippen molar-refractivity contribution in [3.8, 4) is 0 Å². The Morgan fingerprint density at radius 1 is 1.30 bits per heavy atom. The number of pyridine rings is 1. The average molecular weight is 319 g/mol.